The van der Waals surface area contributed by atoms with Crippen LogP contribution in [-0.4, -0.2) is 0 Å². The van der Waals surface area contributed by atoms with Gasteiger partial charge in [-0.1, -0.05) is 52.3 Å². The van der Waals surface area contributed by atoms with E-state index >= 15 is 0 Å². The van der Waals surface area contributed by atoms with Crippen molar-refractivity contribution in [3.05, 3.63) is 58.6 Å². The van der Waals surface area contributed by atoms with Gasteiger partial charge in [-0.05, 0) is 23.3 Å². The van der Waals surface area contributed by atoms with Gasteiger partial charge in [-0.2, -0.15) is 13.2 Å². The van der Waals surface area contributed by atoms with Crippen molar-refractivity contribution >= 4 is 15.9 Å². The van der Waals surface area contributed by atoms with Crippen LogP contribution in [0.25, 0.3) is 11.1 Å². The third-order valence-corrected chi connectivity index (χ3v) is 3.07. The second-order valence-electron chi connectivity index (χ2n) is 3.56. The van der Waals surface area contributed by atoms with Gasteiger partial charge in [0, 0.05) is 4.47 Å². The molecule has 0 bridgehead atoms. The Balaban J connectivity index is 2.53. The average Bonchev–Trinajstić information content (AvgIpc) is 2.29. The van der Waals surface area contributed by atoms with E-state index in [2.05, 4.69) is 15.9 Å². The maximum atomic E-state index is 12.7. The standard InChI is InChI=1S/C13H8BrF3/c14-12-7-6-10(8-11(12)13(15,16)17)9-4-2-1-3-5-9/h1-8H. The van der Waals surface area contributed by atoms with Gasteiger partial charge in [0.25, 0.3) is 0 Å². The summed E-state index contributed by atoms with van der Waals surface area (Å²) in [7, 11) is 0. The molecule has 0 heterocycles. The van der Waals surface area contributed by atoms with Gasteiger partial charge < -0.3 is 0 Å². The molecule has 0 aliphatic heterocycles. The first kappa shape index (κ1) is 12.2. The Morgan fingerprint density at radius 2 is 1.47 bits per heavy atom. The quantitative estimate of drug-likeness (QED) is 0.684. The predicted molar refractivity (Wildman–Crippen MR) is 64.6 cm³/mol. The minimum absolute atomic E-state index is 0.0599. The minimum Gasteiger partial charge on any atom is -0.166 e. The number of hydrogen-bond acceptors (Lipinski definition) is 0. The number of hydrogen-bond donors (Lipinski definition) is 0. The SMILES string of the molecule is FC(F)(F)c1cc(-c2ccccc2)ccc1Br. The van der Waals surface area contributed by atoms with Crippen LogP contribution in [0.2, 0.25) is 0 Å². The Morgan fingerprint density at radius 3 is 2.06 bits per heavy atom. The minimum atomic E-state index is -4.34. The third kappa shape index (κ3) is 2.69. The van der Waals surface area contributed by atoms with E-state index in [-0.39, 0.29) is 4.47 Å². The first-order valence-corrected chi connectivity index (χ1v) is 5.70. The third-order valence-electron chi connectivity index (χ3n) is 2.38. The highest BCUT2D eigenvalue weighted by Gasteiger charge is 2.33. The summed E-state index contributed by atoms with van der Waals surface area (Å²) in [4.78, 5) is 0. The molecule has 2 aromatic carbocycles. The summed E-state index contributed by atoms with van der Waals surface area (Å²) in [5.41, 5.74) is 0.672. The number of alkyl halides is 3. The van der Waals surface area contributed by atoms with E-state index in [4.69, 9.17) is 0 Å². The average molecular weight is 301 g/mol. The molecule has 0 nitrogen and oxygen atoms in total. The van der Waals surface area contributed by atoms with E-state index < -0.39 is 11.7 Å². The summed E-state index contributed by atoms with van der Waals surface area (Å²) < 4.78 is 38.2. The lowest BCUT2D eigenvalue weighted by molar-refractivity contribution is -0.138. The summed E-state index contributed by atoms with van der Waals surface area (Å²) in [6, 6.07) is 13.2. The monoisotopic (exact) mass is 300 g/mol. The van der Waals surface area contributed by atoms with Gasteiger partial charge >= 0.3 is 6.18 Å². The van der Waals surface area contributed by atoms with E-state index in [1.165, 1.54) is 6.07 Å². The molecule has 0 amide bonds. The molecule has 17 heavy (non-hydrogen) atoms. The van der Waals surface area contributed by atoms with Gasteiger partial charge in [-0.3, -0.25) is 0 Å². The van der Waals surface area contributed by atoms with Gasteiger partial charge in [0.1, 0.15) is 0 Å². The van der Waals surface area contributed by atoms with Gasteiger partial charge in [0.2, 0.25) is 0 Å². The number of halogens is 4. The molecule has 0 saturated carbocycles. The van der Waals surface area contributed by atoms with Crippen molar-refractivity contribution in [3.8, 4) is 11.1 Å². The van der Waals surface area contributed by atoms with Crippen molar-refractivity contribution in [3.63, 3.8) is 0 Å². The molecule has 0 radical (unpaired) electrons. The Bertz CT molecular complexity index is 518. The molecule has 2 rings (SSSR count). The van der Waals surface area contributed by atoms with Gasteiger partial charge in [0.15, 0.2) is 0 Å². The van der Waals surface area contributed by atoms with Crippen LogP contribution < -0.4 is 0 Å². The maximum absolute atomic E-state index is 12.7. The van der Waals surface area contributed by atoms with E-state index in [1.54, 1.807) is 30.3 Å². The largest absolute Gasteiger partial charge is 0.417 e. The van der Waals surface area contributed by atoms with Crippen molar-refractivity contribution in [1.82, 2.24) is 0 Å². The molecule has 88 valence electrons. The van der Waals surface area contributed by atoms with Crippen LogP contribution in [0.15, 0.2) is 53.0 Å². The zero-order valence-electron chi connectivity index (χ0n) is 8.63. The molecule has 0 saturated heterocycles. The molecular formula is C13H8BrF3. The molecule has 0 spiro atoms. The summed E-state index contributed by atoms with van der Waals surface area (Å²) in [6.07, 6.45) is -4.34. The second-order valence-corrected chi connectivity index (χ2v) is 4.41. The van der Waals surface area contributed by atoms with Crippen LogP contribution in [0.4, 0.5) is 13.2 Å². The Labute approximate surface area is 105 Å². The summed E-state index contributed by atoms with van der Waals surface area (Å²) in [5.74, 6) is 0. The molecular weight excluding hydrogens is 293 g/mol. The van der Waals surface area contributed by atoms with E-state index in [9.17, 15) is 13.2 Å². The lowest BCUT2D eigenvalue weighted by Crippen LogP contribution is -2.06. The molecule has 0 aliphatic carbocycles. The normalized spacial score (nSPS) is 11.5. The van der Waals surface area contributed by atoms with Crippen LogP contribution in [0.1, 0.15) is 5.56 Å². The van der Waals surface area contributed by atoms with Crippen molar-refractivity contribution in [2.75, 3.05) is 0 Å². The zero-order valence-corrected chi connectivity index (χ0v) is 10.2. The van der Waals surface area contributed by atoms with Gasteiger partial charge in [-0.25, -0.2) is 0 Å². The van der Waals surface area contributed by atoms with E-state index in [0.717, 1.165) is 11.6 Å². The highest BCUT2D eigenvalue weighted by atomic mass is 79.9. The lowest BCUT2D eigenvalue weighted by atomic mass is 10.0. The van der Waals surface area contributed by atoms with Gasteiger partial charge in [-0.15, -0.1) is 0 Å². The van der Waals surface area contributed by atoms with Crippen molar-refractivity contribution in [2.24, 2.45) is 0 Å². The van der Waals surface area contributed by atoms with Crippen LogP contribution in [-0.2, 0) is 6.18 Å². The molecule has 0 aliphatic rings. The summed E-state index contributed by atoms with van der Waals surface area (Å²) >= 11 is 2.92. The fraction of sp³-hybridized carbons (Fsp3) is 0.0769. The van der Waals surface area contributed by atoms with E-state index in [0.29, 0.717) is 5.56 Å². The van der Waals surface area contributed by atoms with Crippen LogP contribution >= 0.6 is 15.9 Å². The fourth-order valence-corrected chi connectivity index (χ4v) is 2.02. The summed E-state index contributed by atoms with van der Waals surface area (Å²) in [6.45, 7) is 0. The van der Waals surface area contributed by atoms with Crippen molar-refractivity contribution in [1.29, 1.82) is 0 Å². The second kappa shape index (κ2) is 4.53. The summed E-state index contributed by atoms with van der Waals surface area (Å²) in [5, 5.41) is 0. The smallest absolute Gasteiger partial charge is 0.166 e. The van der Waals surface area contributed by atoms with Crippen LogP contribution in [0.3, 0.4) is 0 Å². The molecule has 0 atom stereocenters. The molecule has 2 aromatic rings. The van der Waals surface area contributed by atoms with Gasteiger partial charge in [0.05, 0.1) is 5.56 Å². The Morgan fingerprint density at radius 1 is 0.824 bits per heavy atom. The zero-order chi connectivity index (χ0) is 12.5. The number of benzene rings is 2. The fourth-order valence-electron chi connectivity index (χ4n) is 1.55. The van der Waals surface area contributed by atoms with E-state index in [1.807, 2.05) is 6.07 Å². The first-order chi connectivity index (χ1) is 7.98. The van der Waals surface area contributed by atoms with Crippen LogP contribution in [0.5, 0.6) is 0 Å². The van der Waals surface area contributed by atoms with Crippen molar-refractivity contribution in [2.45, 2.75) is 6.18 Å². The maximum Gasteiger partial charge on any atom is 0.417 e. The molecule has 0 unspecified atom stereocenters. The first-order valence-electron chi connectivity index (χ1n) is 4.90. The molecule has 4 heteroatoms. The lowest BCUT2D eigenvalue weighted by Gasteiger charge is -2.11. The Kier molecular flexibility index (Phi) is 3.24. The van der Waals surface area contributed by atoms with Crippen molar-refractivity contribution < 1.29 is 13.2 Å². The highest BCUT2D eigenvalue weighted by molar-refractivity contribution is 9.10. The number of rotatable bonds is 1. The Hall–Kier alpha value is -1.29. The van der Waals surface area contributed by atoms with Crippen LogP contribution in [0, 0.1) is 0 Å². The highest BCUT2D eigenvalue weighted by Crippen LogP contribution is 2.37. The predicted octanol–water partition coefficient (Wildman–Crippen LogP) is 5.13. The topological polar surface area (TPSA) is 0 Å². The molecule has 0 aromatic heterocycles. The molecule has 0 N–H and O–H groups in total. The molecule has 0 fully saturated rings.